The number of pyridine rings is 1. The summed E-state index contributed by atoms with van der Waals surface area (Å²) >= 11 is 6.20. The zero-order valence-corrected chi connectivity index (χ0v) is 20.5. The lowest BCUT2D eigenvalue weighted by molar-refractivity contribution is -0.111. The smallest absolute Gasteiger partial charge is 0.247 e. The topological polar surface area (TPSA) is 92.3 Å². The summed E-state index contributed by atoms with van der Waals surface area (Å²) in [5.41, 5.74) is 3.51. The molecule has 0 saturated carbocycles. The summed E-state index contributed by atoms with van der Waals surface area (Å²) in [7, 11) is 2.06. The Bertz CT molecular complexity index is 1440. The fraction of sp³-hybridized carbons (Fsp3) is 0.185. The number of likely N-dealkylation sites (N-methyl/N-ethyl adjacent to an activating group) is 1. The maximum absolute atomic E-state index is 12.1. The van der Waals surface area contributed by atoms with Gasteiger partial charge < -0.3 is 20.3 Å². The molecule has 8 nitrogen and oxygen atoms in total. The molecule has 9 heteroatoms. The number of hydrogen-bond donors (Lipinski definition) is 2. The first-order valence-corrected chi connectivity index (χ1v) is 11.9. The number of nitrogens with one attached hydrogen (secondary N) is 2. The number of aromatic nitrogens is 3. The monoisotopic (exact) mass is 500 g/mol. The van der Waals surface area contributed by atoms with Crippen molar-refractivity contribution in [2.75, 3.05) is 30.8 Å². The first kappa shape index (κ1) is 23.7. The van der Waals surface area contributed by atoms with Crippen LogP contribution in [0.3, 0.4) is 0 Å². The highest BCUT2D eigenvalue weighted by Crippen LogP contribution is 2.32. The molecule has 1 amide bonds. The molecular weight excluding hydrogens is 476 g/mol. The fourth-order valence-corrected chi connectivity index (χ4v) is 4.34. The normalized spacial score (nSPS) is 15.6. The third-order valence-corrected chi connectivity index (χ3v) is 6.15. The van der Waals surface area contributed by atoms with E-state index in [1.807, 2.05) is 42.5 Å². The van der Waals surface area contributed by atoms with Crippen molar-refractivity contribution >= 4 is 45.7 Å². The lowest BCUT2D eigenvalue weighted by Gasteiger charge is -2.18. The maximum Gasteiger partial charge on any atom is 0.247 e. The number of benzene rings is 2. The zero-order chi connectivity index (χ0) is 25.1. The molecule has 0 spiro atoms. The van der Waals surface area contributed by atoms with Crippen LogP contribution >= 0.6 is 11.6 Å². The molecule has 5 rings (SSSR count). The number of ether oxygens (including phenoxy) is 1. The van der Waals surface area contributed by atoms with Crippen molar-refractivity contribution in [2.45, 2.75) is 12.5 Å². The highest BCUT2D eigenvalue weighted by atomic mass is 35.5. The third kappa shape index (κ3) is 5.30. The van der Waals surface area contributed by atoms with Crippen molar-refractivity contribution in [1.29, 1.82) is 0 Å². The van der Waals surface area contributed by atoms with E-state index in [0.717, 1.165) is 30.5 Å². The van der Waals surface area contributed by atoms with E-state index in [-0.39, 0.29) is 12.0 Å². The molecule has 1 atom stereocenters. The number of nitrogens with zero attached hydrogens (tertiary/aromatic N) is 4. The molecule has 0 bridgehead atoms. The largest absolute Gasteiger partial charge is 0.487 e. The van der Waals surface area contributed by atoms with Crippen molar-refractivity contribution in [3.05, 3.63) is 78.6 Å². The summed E-state index contributed by atoms with van der Waals surface area (Å²) in [6.07, 6.45) is 5.69. The van der Waals surface area contributed by atoms with Crippen LogP contribution in [0.5, 0.6) is 5.75 Å². The van der Waals surface area contributed by atoms with E-state index in [9.17, 15) is 4.79 Å². The van der Waals surface area contributed by atoms with Crippen molar-refractivity contribution in [3.8, 4) is 17.0 Å². The molecule has 2 aromatic heterocycles. The Kier molecular flexibility index (Phi) is 6.79. The van der Waals surface area contributed by atoms with Crippen LogP contribution in [0.15, 0.2) is 73.6 Å². The van der Waals surface area contributed by atoms with Crippen LogP contribution in [0.2, 0.25) is 5.02 Å². The second kappa shape index (κ2) is 10.3. The van der Waals surface area contributed by atoms with Gasteiger partial charge in [-0.25, -0.2) is 9.97 Å². The quantitative estimate of drug-likeness (QED) is 0.333. The molecule has 1 aliphatic heterocycles. The number of amides is 1. The second-order valence-electron chi connectivity index (χ2n) is 8.62. The molecule has 0 radical (unpaired) electrons. The molecule has 4 aromatic rings. The number of fused-ring (bicyclic) bond motifs is 1. The predicted molar refractivity (Wildman–Crippen MR) is 143 cm³/mol. The van der Waals surface area contributed by atoms with E-state index in [0.29, 0.717) is 39.3 Å². The van der Waals surface area contributed by atoms with E-state index in [1.54, 1.807) is 18.5 Å². The number of likely N-dealkylation sites (tertiary alicyclic amines) is 1. The Morgan fingerprint density at radius 2 is 2.11 bits per heavy atom. The minimum Gasteiger partial charge on any atom is -0.487 e. The van der Waals surface area contributed by atoms with Crippen LogP contribution in [0.4, 0.5) is 17.3 Å². The van der Waals surface area contributed by atoms with Crippen molar-refractivity contribution in [1.82, 2.24) is 19.9 Å². The van der Waals surface area contributed by atoms with Crippen LogP contribution < -0.4 is 15.4 Å². The van der Waals surface area contributed by atoms with E-state index < -0.39 is 0 Å². The number of anilines is 3. The minimum atomic E-state index is -0.320. The van der Waals surface area contributed by atoms with Crippen molar-refractivity contribution in [2.24, 2.45) is 0 Å². The van der Waals surface area contributed by atoms with E-state index in [1.165, 1.54) is 6.08 Å². The van der Waals surface area contributed by atoms with Gasteiger partial charge in [-0.3, -0.25) is 9.78 Å². The summed E-state index contributed by atoms with van der Waals surface area (Å²) < 4.78 is 6.19. The minimum absolute atomic E-state index is 0.0643. The standard InChI is InChI=1S/C27H25ClN6O2/c1-3-24(35)32-22-14-20(7-8-23(22)36-21-10-12-34(2)16-21)31-27-30-15-18-9-11-29-25(26(18)33-27)17-5-4-6-19(28)13-17/h3-9,11,13-15,21H,1,10,12,16H2,2H3,(H,32,35)(H,30,31,33). The van der Waals surface area contributed by atoms with Gasteiger partial charge in [-0.2, -0.15) is 0 Å². The van der Waals surface area contributed by atoms with Gasteiger partial charge in [0.2, 0.25) is 11.9 Å². The Labute approximate surface area is 214 Å². The predicted octanol–water partition coefficient (Wildman–Crippen LogP) is 5.30. The van der Waals surface area contributed by atoms with Crippen molar-refractivity contribution < 1.29 is 9.53 Å². The Hall–Kier alpha value is -4.01. The zero-order valence-electron chi connectivity index (χ0n) is 19.7. The molecule has 1 aliphatic rings. The van der Waals surface area contributed by atoms with Crippen LogP contribution in [0.1, 0.15) is 6.42 Å². The number of halogens is 1. The lowest BCUT2D eigenvalue weighted by atomic mass is 10.1. The van der Waals surface area contributed by atoms with E-state index >= 15 is 0 Å². The number of rotatable bonds is 7. The Balaban J connectivity index is 1.45. The Morgan fingerprint density at radius 3 is 2.89 bits per heavy atom. The summed E-state index contributed by atoms with van der Waals surface area (Å²) in [5, 5.41) is 7.55. The molecule has 182 valence electrons. The molecule has 2 N–H and O–H groups in total. The van der Waals surface area contributed by atoms with Gasteiger partial charge in [0.15, 0.2) is 0 Å². The molecule has 1 fully saturated rings. The van der Waals surface area contributed by atoms with Crippen LogP contribution in [-0.4, -0.2) is 52.0 Å². The van der Waals surface area contributed by atoms with Crippen LogP contribution in [0.25, 0.3) is 22.2 Å². The van der Waals surface area contributed by atoms with Gasteiger partial charge in [0.05, 0.1) is 11.4 Å². The number of carbonyl (C=O) groups is 1. The van der Waals surface area contributed by atoms with Gasteiger partial charge >= 0.3 is 0 Å². The molecule has 1 unspecified atom stereocenters. The summed E-state index contributed by atoms with van der Waals surface area (Å²) in [6.45, 7) is 5.36. The van der Waals surface area contributed by atoms with Crippen molar-refractivity contribution in [3.63, 3.8) is 0 Å². The molecule has 0 aliphatic carbocycles. The van der Waals surface area contributed by atoms with Gasteiger partial charge in [0, 0.05) is 47.1 Å². The average Bonchev–Trinajstić information content (AvgIpc) is 3.29. The molecule has 3 heterocycles. The highest BCUT2D eigenvalue weighted by molar-refractivity contribution is 6.30. The van der Waals surface area contributed by atoms with Gasteiger partial charge in [-0.15, -0.1) is 0 Å². The van der Waals surface area contributed by atoms with Crippen LogP contribution in [0, 0.1) is 0 Å². The molecule has 2 aromatic carbocycles. The van der Waals surface area contributed by atoms with Crippen LogP contribution in [-0.2, 0) is 4.79 Å². The van der Waals surface area contributed by atoms with E-state index in [4.69, 9.17) is 21.3 Å². The fourth-order valence-electron chi connectivity index (χ4n) is 4.15. The first-order valence-electron chi connectivity index (χ1n) is 11.6. The lowest BCUT2D eigenvalue weighted by Crippen LogP contribution is -2.22. The molecular formula is C27H25ClN6O2. The average molecular weight is 501 g/mol. The molecule has 1 saturated heterocycles. The Morgan fingerprint density at radius 1 is 1.22 bits per heavy atom. The van der Waals surface area contributed by atoms with Gasteiger partial charge in [0.1, 0.15) is 17.4 Å². The van der Waals surface area contributed by atoms with Gasteiger partial charge in [-0.1, -0.05) is 30.3 Å². The van der Waals surface area contributed by atoms with Gasteiger partial charge in [0.25, 0.3) is 0 Å². The SMILES string of the molecule is C=CC(=O)Nc1cc(Nc2ncc3ccnc(-c4cccc(Cl)c4)c3n2)ccc1OC1CCN(C)C1. The first-order chi connectivity index (χ1) is 17.5. The second-order valence-corrected chi connectivity index (χ2v) is 9.06. The third-order valence-electron chi connectivity index (χ3n) is 5.92. The summed E-state index contributed by atoms with van der Waals surface area (Å²) in [6, 6.07) is 14.9. The highest BCUT2D eigenvalue weighted by Gasteiger charge is 2.22. The number of hydrogen-bond acceptors (Lipinski definition) is 7. The van der Waals surface area contributed by atoms with E-state index in [2.05, 4.69) is 39.1 Å². The maximum atomic E-state index is 12.1. The molecule has 36 heavy (non-hydrogen) atoms. The summed E-state index contributed by atoms with van der Waals surface area (Å²) in [4.78, 5) is 28.0. The van der Waals surface area contributed by atoms with Gasteiger partial charge in [-0.05, 0) is 55.9 Å². The number of carbonyl (C=O) groups excluding carboxylic acids is 1. The summed E-state index contributed by atoms with van der Waals surface area (Å²) in [5.74, 6) is 0.675.